The molecule has 1 atom stereocenters. The molecule has 0 spiro atoms. The largest absolute Gasteiger partial charge is 0.465 e. The van der Waals surface area contributed by atoms with Crippen molar-refractivity contribution in [3.05, 3.63) is 0 Å². The van der Waals surface area contributed by atoms with Crippen LogP contribution in [0.3, 0.4) is 0 Å². The molecule has 1 aliphatic carbocycles. The van der Waals surface area contributed by atoms with Crippen molar-refractivity contribution >= 4 is 23.5 Å². The molecule has 22 heavy (non-hydrogen) atoms. The van der Waals surface area contributed by atoms with Gasteiger partial charge >= 0.3 is 5.97 Å². The molecule has 0 heterocycles. The van der Waals surface area contributed by atoms with E-state index in [1.54, 1.807) is 11.8 Å². The van der Waals surface area contributed by atoms with Crippen LogP contribution in [-0.4, -0.2) is 43.0 Å². The maximum Gasteiger partial charge on any atom is 0.323 e. The summed E-state index contributed by atoms with van der Waals surface area (Å²) in [4.78, 5) is 24.2. The fourth-order valence-corrected chi connectivity index (χ4v) is 3.43. The highest BCUT2D eigenvalue weighted by atomic mass is 32.2. The molecule has 0 saturated heterocycles. The lowest BCUT2D eigenvalue weighted by atomic mass is 9.93. The highest BCUT2D eigenvalue weighted by molar-refractivity contribution is 7.98. The third kappa shape index (κ3) is 7.63. The summed E-state index contributed by atoms with van der Waals surface area (Å²) in [5, 5.41) is 3.22. The summed E-state index contributed by atoms with van der Waals surface area (Å²) in [5.74, 6) is 1.32. The lowest BCUT2D eigenvalue weighted by Crippen LogP contribution is -2.40. The van der Waals surface area contributed by atoms with Gasteiger partial charge in [-0.05, 0) is 38.2 Å². The van der Waals surface area contributed by atoms with Gasteiger partial charge in [0.25, 0.3) is 0 Å². The molecule has 1 rings (SSSR count). The highest BCUT2D eigenvalue weighted by Gasteiger charge is 2.22. The van der Waals surface area contributed by atoms with Crippen LogP contribution in [0.25, 0.3) is 0 Å². The number of carbonyl (C=O) groups excluding carboxylic acids is 2. The first-order chi connectivity index (χ1) is 10.7. The van der Waals surface area contributed by atoms with Gasteiger partial charge in [0.1, 0.15) is 11.8 Å². The summed E-state index contributed by atoms with van der Waals surface area (Å²) in [6.07, 6.45) is 10.3. The molecule has 0 aromatic carbocycles. The first-order valence-electron chi connectivity index (χ1n) is 8.60. The molecule has 1 fully saturated rings. The Morgan fingerprint density at radius 1 is 1.23 bits per heavy atom. The molecule has 1 aliphatic rings. The van der Waals surface area contributed by atoms with E-state index in [4.69, 9.17) is 4.74 Å². The van der Waals surface area contributed by atoms with Crippen LogP contribution in [0.15, 0.2) is 0 Å². The van der Waals surface area contributed by atoms with Crippen LogP contribution in [0.2, 0.25) is 0 Å². The minimum Gasteiger partial charge on any atom is -0.465 e. The van der Waals surface area contributed by atoms with Gasteiger partial charge in [-0.1, -0.05) is 25.7 Å². The lowest BCUT2D eigenvalue weighted by Gasteiger charge is -2.18. The first-order valence-corrected chi connectivity index (χ1v) is 10.00. The quantitative estimate of drug-likeness (QED) is 0.493. The van der Waals surface area contributed by atoms with Gasteiger partial charge in [-0.2, -0.15) is 11.8 Å². The predicted octanol–water partition coefficient (Wildman–Crippen LogP) is 3.19. The zero-order chi connectivity index (χ0) is 16.2. The van der Waals surface area contributed by atoms with E-state index in [2.05, 4.69) is 5.32 Å². The number of Topliss-reactive ketones (excluding diaryl/α,β-unsaturated/α-hetero) is 1. The Kier molecular flexibility index (Phi) is 10.6. The summed E-state index contributed by atoms with van der Waals surface area (Å²) in [6, 6.07) is -0.283. The summed E-state index contributed by atoms with van der Waals surface area (Å²) < 4.78 is 5.10. The normalized spacial score (nSPS) is 17.7. The third-order valence-corrected chi connectivity index (χ3v) is 4.90. The second-order valence-corrected chi connectivity index (χ2v) is 6.93. The van der Waals surface area contributed by atoms with Crippen molar-refractivity contribution in [2.75, 3.05) is 25.2 Å². The van der Waals surface area contributed by atoms with Crippen molar-refractivity contribution in [1.29, 1.82) is 0 Å². The topological polar surface area (TPSA) is 55.4 Å². The minimum absolute atomic E-state index is 0.196. The van der Waals surface area contributed by atoms with Gasteiger partial charge in [-0.25, -0.2) is 0 Å². The van der Waals surface area contributed by atoms with Crippen LogP contribution in [0.1, 0.15) is 58.3 Å². The smallest absolute Gasteiger partial charge is 0.323 e. The zero-order valence-corrected chi connectivity index (χ0v) is 14.9. The fourth-order valence-electron chi connectivity index (χ4n) is 2.96. The number of thioether (sulfide) groups is 1. The monoisotopic (exact) mass is 329 g/mol. The van der Waals surface area contributed by atoms with Crippen molar-refractivity contribution in [2.45, 2.75) is 64.3 Å². The van der Waals surface area contributed by atoms with E-state index in [0.717, 1.165) is 25.0 Å². The third-order valence-electron chi connectivity index (χ3n) is 4.25. The number of hydrogen-bond donors (Lipinski definition) is 1. The molecule has 0 radical (unpaired) electrons. The van der Waals surface area contributed by atoms with Gasteiger partial charge in [0.2, 0.25) is 0 Å². The average molecular weight is 330 g/mol. The molecule has 1 saturated carbocycles. The van der Waals surface area contributed by atoms with E-state index in [-0.39, 0.29) is 17.9 Å². The van der Waals surface area contributed by atoms with E-state index in [0.29, 0.717) is 25.4 Å². The molecule has 4 nitrogen and oxygen atoms in total. The summed E-state index contributed by atoms with van der Waals surface area (Å²) >= 11 is 1.72. The Morgan fingerprint density at radius 3 is 2.50 bits per heavy atom. The second kappa shape index (κ2) is 11.9. The second-order valence-electron chi connectivity index (χ2n) is 5.95. The van der Waals surface area contributed by atoms with Crippen LogP contribution in [-0.2, 0) is 14.3 Å². The molecule has 128 valence electrons. The number of nitrogens with one attached hydrogen (secondary N) is 1. The number of ketones is 1. The SMILES string of the molecule is CCOC(=O)C(CCSC)NCCC(=O)C1CCCCCC1. The van der Waals surface area contributed by atoms with E-state index in [1.165, 1.54) is 25.7 Å². The van der Waals surface area contributed by atoms with Crippen LogP contribution < -0.4 is 5.32 Å². The molecule has 5 heteroatoms. The first kappa shape index (κ1) is 19.5. The summed E-state index contributed by atoms with van der Waals surface area (Å²) in [7, 11) is 0. The average Bonchev–Trinajstić information content (AvgIpc) is 2.79. The van der Waals surface area contributed by atoms with Crippen molar-refractivity contribution in [3.8, 4) is 0 Å². The van der Waals surface area contributed by atoms with E-state index >= 15 is 0 Å². The van der Waals surface area contributed by atoms with Gasteiger partial charge in [-0.15, -0.1) is 0 Å². The van der Waals surface area contributed by atoms with Crippen molar-refractivity contribution in [3.63, 3.8) is 0 Å². The van der Waals surface area contributed by atoms with Crippen LogP contribution >= 0.6 is 11.8 Å². The lowest BCUT2D eigenvalue weighted by molar-refractivity contribution is -0.145. The number of hydrogen-bond acceptors (Lipinski definition) is 5. The molecule has 0 aliphatic heterocycles. The molecule has 1 unspecified atom stereocenters. The fraction of sp³-hybridized carbons (Fsp3) is 0.882. The Bertz CT molecular complexity index is 328. The van der Waals surface area contributed by atoms with E-state index in [9.17, 15) is 9.59 Å². The van der Waals surface area contributed by atoms with Crippen molar-refractivity contribution in [2.24, 2.45) is 5.92 Å². The van der Waals surface area contributed by atoms with Crippen molar-refractivity contribution in [1.82, 2.24) is 5.32 Å². The van der Waals surface area contributed by atoms with Crippen LogP contribution in [0.5, 0.6) is 0 Å². The van der Waals surface area contributed by atoms with Gasteiger partial charge in [0.05, 0.1) is 6.61 Å². The number of ether oxygens (including phenoxy) is 1. The molecule has 0 bridgehead atoms. The molecular weight excluding hydrogens is 298 g/mol. The molecule has 0 aromatic rings. The molecule has 0 amide bonds. The predicted molar refractivity (Wildman–Crippen MR) is 92.2 cm³/mol. The van der Waals surface area contributed by atoms with E-state index < -0.39 is 0 Å². The Hall–Kier alpha value is -0.550. The Morgan fingerprint density at radius 2 is 1.91 bits per heavy atom. The summed E-state index contributed by atoms with van der Waals surface area (Å²) in [6.45, 7) is 2.80. The molecular formula is C17H31NO3S. The summed E-state index contributed by atoms with van der Waals surface area (Å²) in [5.41, 5.74) is 0. The highest BCUT2D eigenvalue weighted by Crippen LogP contribution is 2.24. The molecule has 0 aromatic heterocycles. The van der Waals surface area contributed by atoms with Gasteiger partial charge in [-0.3, -0.25) is 9.59 Å². The van der Waals surface area contributed by atoms with Crippen LogP contribution in [0, 0.1) is 5.92 Å². The number of rotatable bonds is 10. The van der Waals surface area contributed by atoms with Crippen molar-refractivity contribution < 1.29 is 14.3 Å². The van der Waals surface area contributed by atoms with Gasteiger partial charge < -0.3 is 10.1 Å². The maximum absolute atomic E-state index is 12.3. The van der Waals surface area contributed by atoms with Gasteiger partial charge in [0, 0.05) is 18.9 Å². The Balaban J connectivity index is 2.33. The molecule has 1 N–H and O–H groups in total. The number of esters is 1. The number of carbonyl (C=O) groups is 2. The minimum atomic E-state index is -0.283. The maximum atomic E-state index is 12.3. The standard InChI is InChI=1S/C17H31NO3S/c1-3-21-17(20)15(11-13-22-2)18-12-10-16(19)14-8-6-4-5-7-9-14/h14-15,18H,3-13H2,1-2H3. The Labute approximate surface area is 139 Å². The van der Waals surface area contributed by atoms with E-state index in [1.807, 2.05) is 13.2 Å². The van der Waals surface area contributed by atoms with Crippen LogP contribution in [0.4, 0.5) is 0 Å². The zero-order valence-electron chi connectivity index (χ0n) is 14.1. The van der Waals surface area contributed by atoms with Gasteiger partial charge in [0.15, 0.2) is 0 Å².